The Hall–Kier alpha value is -0.280. The van der Waals surface area contributed by atoms with Gasteiger partial charge in [0.05, 0.1) is 5.92 Å². The summed E-state index contributed by atoms with van der Waals surface area (Å²) < 4.78 is 0. The monoisotopic (exact) mass is 233 g/mol. The molecule has 0 amide bonds. The van der Waals surface area contributed by atoms with E-state index in [0.29, 0.717) is 11.8 Å². The fraction of sp³-hybridized carbons (Fsp3) is 0.909. The number of hydrogen-bond donors (Lipinski definition) is 2. The molecule has 2 rings (SSSR count). The van der Waals surface area contributed by atoms with Gasteiger partial charge >= 0.3 is 5.97 Å². The number of halogens is 1. The summed E-state index contributed by atoms with van der Waals surface area (Å²) in [5, 5.41) is 12.4. The van der Waals surface area contributed by atoms with E-state index in [1.807, 2.05) is 0 Å². The molecule has 15 heavy (non-hydrogen) atoms. The molecule has 0 aromatic heterocycles. The fourth-order valence-corrected chi connectivity index (χ4v) is 3.13. The van der Waals surface area contributed by atoms with Crippen LogP contribution in [0.5, 0.6) is 0 Å². The summed E-state index contributed by atoms with van der Waals surface area (Å²) in [6.07, 6.45) is 5.51. The van der Waals surface area contributed by atoms with Gasteiger partial charge in [-0.1, -0.05) is 6.42 Å². The predicted octanol–water partition coefficient (Wildman–Crippen LogP) is 1.91. The van der Waals surface area contributed by atoms with Crippen molar-refractivity contribution < 1.29 is 9.90 Å². The van der Waals surface area contributed by atoms with Gasteiger partial charge in [0.25, 0.3) is 0 Å². The second kappa shape index (κ2) is 5.71. The van der Waals surface area contributed by atoms with Crippen molar-refractivity contribution in [3.05, 3.63) is 0 Å². The molecule has 2 fully saturated rings. The van der Waals surface area contributed by atoms with Crippen molar-refractivity contribution in [2.75, 3.05) is 13.1 Å². The van der Waals surface area contributed by atoms with Gasteiger partial charge in [0, 0.05) is 0 Å². The van der Waals surface area contributed by atoms with E-state index in [2.05, 4.69) is 5.32 Å². The first-order chi connectivity index (χ1) is 6.79. The Bertz CT molecular complexity index is 217. The minimum Gasteiger partial charge on any atom is -0.481 e. The van der Waals surface area contributed by atoms with Crippen LogP contribution in [0.15, 0.2) is 0 Å². The molecule has 88 valence electrons. The average Bonchev–Trinajstić information content (AvgIpc) is 2.67. The van der Waals surface area contributed by atoms with Gasteiger partial charge in [-0.3, -0.25) is 4.79 Å². The van der Waals surface area contributed by atoms with Crippen molar-refractivity contribution in [1.29, 1.82) is 0 Å². The molecule has 1 saturated heterocycles. The van der Waals surface area contributed by atoms with E-state index in [1.54, 1.807) is 0 Å². The summed E-state index contributed by atoms with van der Waals surface area (Å²) in [5.74, 6) is 0.526. The van der Waals surface area contributed by atoms with Crippen LogP contribution in [0.25, 0.3) is 0 Å². The molecule has 1 heterocycles. The minimum atomic E-state index is -0.564. The maximum atomic E-state index is 11.0. The van der Waals surface area contributed by atoms with Gasteiger partial charge in [0.1, 0.15) is 0 Å². The third-order valence-corrected chi connectivity index (χ3v) is 3.88. The van der Waals surface area contributed by atoms with Crippen LogP contribution >= 0.6 is 12.4 Å². The summed E-state index contributed by atoms with van der Waals surface area (Å²) >= 11 is 0. The van der Waals surface area contributed by atoms with Crippen LogP contribution in [-0.4, -0.2) is 24.2 Å². The van der Waals surface area contributed by atoms with E-state index in [4.69, 9.17) is 5.11 Å². The van der Waals surface area contributed by atoms with Gasteiger partial charge in [-0.2, -0.15) is 0 Å². The Labute approximate surface area is 97.0 Å². The molecule has 0 radical (unpaired) electrons. The minimum absolute atomic E-state index is 0. The van der Waals surface area contributed by atoms with Gasteiger partial charge in [-0.05, 0) is 50.6 Å². The van der Waals surface area contributed by atoms with E-state index in [9.17, 15) is 4.79 Å². The van der Waals surface area contributed by atoms with E-state index < -0.39 is 5.97 Å². The molecule has 1 aliphatic heterocycles. The summed E-state index contributed by atoms with van der Waals surface area (Å²) in [6, 6.07) is 0. The number of hydrogen-bond acceptors (Lipinski definition) is 2. The lowest BCUT2D eigenvalue weighted by molar-refractivity contribution is -0.143. The highest BCUT2D eigenvalue weighted by atomic mass is 35.5. The van der Waals surface area contributed by atoms with Crippen molar-refractivity contribution in [3.8, 4) is 0 Å². The molecular formula is C11H20ClNO2. The van der Waals surface area contributed by atoms with Crippen LogP contribution in [0.2, 0.25) is 0 Å². The predicted molar refractivity (Wildman–Crippen MR) is 61.3 cm³/mol. The Morgan fingerprint density at radius 1 is 1.13 bits per heavy atom. The van der Waals surface area contributed by atoms with Crippen molar-refractivity contribution in [1.82, 2.24) is 5.32 Å². The first-order valence-corrected chi connectivity index (χ1v) is 5.72. The van der Waals surface area contributed by atoms with Gasteiger partial charge in [0.15, 0.2) is 0 Å². The van der Waals surface area contributed by atoms with E-state index in [-0.39, 0.29) is 18.3 Å². The van der Waals surface area contributed by atoms with E-state index >= 15 is 0 Å². The van der Waals surface area contributed by atoms with Crippen molar-refractivity contribution in [2.45, 2.75) is 32.1 Å². The second-order valence-electron chi connectivity index (χ2n) is 4.63. The number of aliphatic carboxylic acids is 1. The Morgan fingerprint density at radius 2 is 1.80 bits per heavy atom. The highest BCUT2D eigenvalue weighted by Gasteiger charge is 2.37. The number of piperidine rings is 1. The highest BCUT2D eigenvalue weighted by molar-refractivity contribution is 5.85. The van der Waals surface area contributed by atoms with Gasteiger partial charge in [-0.25, -0.2) is 0 Å². The van der Waals surface area contributed by atoms with Crippen LogP contribution in [0.1, 0.15) is 32.1 Å². The zero-order valence-corrected chi connectivity index (χ0v) is 9.76. The van der Waals surface area contributed by atoms with Crippen LogP contribution in [-0.2, 0) is 4.79 Å². The average molecular weight is 234 g/mol. The standard InChI is InChI=1S/C11H19NO2.ClH/c13-11(14)10-3-1-2-9(10)8-4-6-12-7-5-8;/h8-10,12H,1-7H2,(H,13,14);1H. The summed E-state index contributed by atoms with van der Waals surface area (Å²) in [7, 11) is 0. The molecule has 4 heteroatoms. The van der Waals surface area contributed by atoms with Crippen LogP contribution in [0, 0.1) is 17.8 Å². The molecule has 0 spiro atoms. The van der Waals surface area contributed by atoms with E-state index in [0.717, 1.165) is 32.4 Å². The molecule has 3 nitrogen and oxygen atoms in total. The SMILES string of the molecule is Cl.O=C(O)C1CCCC1C1CCNCC1. The maximum absolute atomic E-state index is 11.0. The fourth-order valence-electron chi connectivity index (χ4n) is 3.13. The number of carboxylic acid groups (broad SMARTS) is 1. The number of carboxylic acids is 1. The normalized spacial score (nSPS) is 32.3. The Balaban J connectivity index is 0.00000112. The lowest BCUT2D eigenvalue weighted by atomic mass is 9.79. The summed E-state index contributed by atoms with van der Waals surface area (Å²) in [5.41, 5.74) is 0. The zero-order valence-electron chi connectivity index (χ0n) is 8.95. The Morgan fingerprint density at radius 3 is 2.40 bits per heavy atom. The van der Waals surface area contributed by atoms with Crippen LogP contribution < -0.4 is 5.32 Å². The zero-order chi connectivity index (χ0) is 9.97. The highest BCUT2D eigenvalue weighted by Crippen LogP contribution is 2.40. The summed E-state index contributed by atoms with van der Waals surface area (Å²) in [6.45, 7) is 2.15. The number of carbonyl (C=O) groups is 1. The van der Waals surface area contributed by atoms with Crippen molar-refractivity contribution in [3.63, 3.8) is 0 Å². The molecule has 2 atom stereocenters. The molecular weight excluding hydrogens is 214 g/mol. The maximum Gasteiger partial charge on any atom is 0.306 e. The first kappa shape index (κ1) is 12.8. The molecule has 2 N–H and O–H groups in total. The van der Waals surface area contributed by atoms with Crippen molar-refractivity contribution >= 4 is 18.4 Å². The van der Waals surface area contributed by atoms with E-state index in [1.165, 1.54) is 12.8 Å². The smallest absolute Gasteiger partial charge is 0.306 e. The molecule has 2 unspecified atom stereocenters. The third kappa shape index (κ3) is 2.85. The van der Waals surface area contributed by atoms with Crippen LogP contribution in [0.4, 0.5) is 0 Å². The lowest BCUT2D eigenvalue weighted by Gasteiger charge is -2.30. The van der Waals surface area contributed by atoms with Gasteiger partial charge in [-0.15, -0.1) is 12.4 Å². The molecule has 2 aliphatic rings. The first-order valence-electron chi connectivity index (χ1n) is 5.72. The molecule has 0 bridgehead atoms. The summed E-state index contributed by atoms with van der Waals surface area (Å²) in [4.78, 5) is 11.0. The van der Waals surface area contributed by atoms with Crippen LogP contribution in [0.3, 0.4) is 0 Å². The molecule has 0 aromatic rings. The third-order valence-electron chi connectivity index (χ3n) is 3.88. The lowest BCUT2D eigenvalue weighted by Crippen LogP contribution is -2.34. The molecule has 1 saturated carbocycles. The quantitative estimate of drug-likeness (QED) is 0.766. The second-order valence-corrected chi connectivity index (χ2v) is 4.63. The van der Waals surface area contributed by atoms with Crippen molar-refractivity contribution in [2.24, 2.45) is 17.8 Å². The van der Waals surface area contributed by atoms with Gasteiger partial charge < -0.3 is 10.4 Å². The van der Waals surface area contributed by atoms with Gasteiger partial charge in [0.2, 0.25) is 0 Å². The number of nitrogens with one attached hydrogen (secondary N) is 1. The largest absolute Gasteiger partial charge is 0.481 e. The molecule has 1 aliphatic carbocycles. The topological polar surface area (TPSA) is 49.3 Å². The number of rotatable bonds is 2. The molecule has 0 aromatic carbocycles. The Kier molecular flexibility index (Phi) is 4.87.